The Morgan fingerprint density at radius 1 is 1.25 bits per heavy atom. The van der Waals surface area contributed by atoms with E-state index in [0.717, 1.165) is 12.7 Å². The number of hydrogen-bond donors (Lipinski definition) is 2. The van der Waals surface area contributed by atoms with E-state index in [-0.39, 0.29) is 11.7 Å². The minimum Gasteiger partial charge on any atom is -0.506 e. The lowest BCUT2D eigenvalue weighted by atomic mass is 10.2. The number of hydrogen-bond acceptors (Lipinski definition) is 4. The van der Waals surface area contributed by atoms with Gasteiger partial charge in [-0.2, -0.15) is 5.10 Å². The number of phenols is 1. The summed E-state index contributed by atoms with van der Waals surface area (Å²) in [7, 11) is 0. The van der Waals surface area contributed by atoms with Crippen LogP contribution in [0.4, 0.5) is 0 Å². The van der Waals surface area contributed by atoms with Gasteiger partial charge in [0.2, 0.25) is 0 Å². The molecule has 0 aliphatic rings. The number of phenolic OH excluding ortho intramolecular Hbond substituents is 1. The normalized spacial score (nSPS) is 10.7. The van der Waals surface area contributed by atoms with Gasteiger partial charge in [0, 0.05) is 18.0 Å². The third kappa shape index (κ3) is 3.88. The fourth-order valence-corrected chi connectivity index (χ4v) is 3.21. The second-order valence-electron chi connectivity index (χ2n) is 3.77. The second-order valence-corrected chi connectivity index (χ2v) is 6.09. The van der Waals surface area contributed by atoms with Crippen LogP contribution >= 0.6 is 45.2 Å². The van der Waals surface area contributed by atoms with Gasteiger partial charge in [0.1, 0.15) is 5.75 Å². The van der Waals surface area contributed by atoms with Gasteiger partial charge in [0.05, 0.1) is 13.4 Å². The quantitative estimate of drug-likeness (QED) is 0.393. The number of aromatic hydroxyl groups is 1. The van der Waals surface area contributed by atoms with E-state index in [1.807, 2.05) is 45.2 Å². The molecule has 7 heteroatoms. The molecule has 102 valence electrons. The number of hydrazone groups is 1. The molecule has 20 heavy (non-hydrogen) atoms. The predicted molar refractivity (Wildman–Crippen MR) is 92.8 cm³/mol. The van der Waals surface area contributed by atoms with Crippen molar-refractivity contribution < 1.29 is 9.90 Å². The lowest BCUT2D eigenvalue weighted by molar-refractivity contribution is 0.0955. The van der Waals surface area contributed by atoms with Crippen LogP contribution in [0.25, 0.3) is 0 Å². The van der Waals surface area contributed by atoms with Gasteiger partial charge in [0.25, 0.3) is 5.91 Å². The minimum atomic E-state index is -0.299. The molecule has 1 amide bonds. The number of nitrogens with zero attached hydrogens (tertiary/aromatic N) is 2. The highest BCUT2D eigenvalue weighted by Gasteiger charge is 2.05. The zero-order chi connectivity index (χ0) is 14.5. The Hall–Kier alpha value is -1.23. The maximum absolute atomic E-state index is 11.7. The fourth-order valence-electron chi connectivity index (χ4n) is 1.39. The fraction of sp³-hybridized carbons (Fsp3) is 0. The molecule has 1 heterocycles. The lowest BCUT2D eigenvalue weighted by Gasteiger charge is -2.02. The monoisotopic (exact) mass is 493 g/mol. The van der Waals surface area contributed by atoms with Crippen molar-refractivity contribution in [3.05, 3.63) is 54.9 Å². The van der Waals surface area contributed by atoms with Crippen molar-refractivity contribution in [3.63, 3.8) is 0 Å². The van der Waals surface area contributed by atoms with Crippen LogP contribution in [0.15, 0.2) is 41.8 Å². The molecule has 5 nitrogen and oxygen atoms in total. The molecule has 0 aliphatic carbocycles. The molecule has 0 unspecified atom stereocenters. The Kier molecular flexibility index (Phi) is 5.29. The summed E-state index contributed by atoms with van der Waals surface area (Å²) in [6.45, 7) is 0. The first-order chi connectivity index (χ1) is 9.58. The van der Waals surface area contributed by atoms with E-state index < -0.39 is 0 Å². The number of carbonyl (C=O) groups is 1. The number of carbonyl (C=O) groups excluding carboxylic acids is 1. The van der Waals surface area contributed by atoms with Crippen molar-refractivity contribution in [2.75, 3.05) is 0 Å². The molecular weight excluding hydrogens is 484 g/mol. The highest BCUT2D eigenvalue weighted by Crippen LogP contribution is 2.26. The molecule has 1 aromatic carbocycles. The van der Waals surface area contributed by atoms with Crippen molar-refractivity contribution in [1.82, 2.24) is 10.4 Å². The molecular formula is C13H9I2N3O2. The van der Waals surface area contributed by atoms with E-state index >= 15 is 0 Å². The number of nitrogens with one attached hydrogen (secondary N) is 1. The molecule has 2 aromatic rings. The summed E-state index contributed by atoms with van der Waals surface area (Å²) in [5.74, 6) is -0.0454. The number of rotatable bonds is 3. The summed E-state index contributed by atoms with van der Waals surface area (Å²) >= 11 is 4.08. The molecule has 2 rings (SSSR count). The molecule has 2 N–H and O–H groups in total. The summed E-state index contributed by atoms with van der Waals surface area (Å²) in [5.41, 5.74) is 3.73. The molecule has 1 aromatic heterocycles. The van der Waals surface area contributed by atoms with Gasteiger partial charge >= 0.3 is 0 Å². The average molecular weight is 493 g/mol. The largest absolute Gasteiger partial charge is 0.506 e. The maximum atomic E-state index is 11.7. The van der Waals surface area contributed by atoms with Crippen LogP contribution in [0.5, 0.6) is 5.75 Å². The number of benzene rings is 1. The summed E-state index contributed by atoms with van der Waals surface area (Å²) in [6, 6.07) is 6.77. The van der Waals surface area contributed by atoms with Crippen molar-refractivity contribution in [3.8, 4) is 5.75 Å². The van der Waals surface area contributed by atoms with Crippen LogP contribution in [0.3, 0.4) is 0 Å². The summed E-state index contributed by atoms with van der Waals surface area (Å²) in [6.07, 6.45) is 4.62. The van der Waals surface area contributed by atoms with Crippen LogP contribution in [-0.4, -0.2) is 22.2 Å². The minimum absolute atomic E-state index is 0.254. The highest BCUT2D eigenvalue weighted by molar-refractivity contribution is 14.1. The van der Waals surface area contributed by atoms with E-state index in [2.05, 4.69) is 15.5 Å². The molecule has 0 saturated carbocycles. The Morgan fingerprint density at radius 3 is 2.45 bits per heavy atom. The Bertz CT molecular complexity index is 637. The Labute approximate surface area is 142 Å². The van der Waals surface area contributed by atoms with Gasteiger partial charge in [-0.3, -0.25) is 9.78 Å². The smallest absolute Gasteiger partial charge is 0.271 e. The van der Waals surface area contributed by atoms with Crippen LogP contribution < -0.4 is 5.43 Å². The molecule has 0 aliphatic heterocycles. The van der Waals surface area contributed by atoms with Gasteiger partial charge in [-0.05, 0) is 75.0 Å². The van der Waals surface area contributed by atoms with E-state index in [1.165, 1.54) is 6.21 Å². The first kappa shape index (κ1) is 15.2. The summed E-state index contributed by atoms with van der Waals surface area (Å²) in [5, 5.41) is 13.6. The highest BCUT2D eigenvalue weighted by atomic mass is 127. The number of amides is 1. The topological polar surface area (TPSA) is 74.6 Å². The first-order valence-electron chi connectivity index (χ1n) is 5.49. The lowest BCUT2D eigenvalue weighted by Crippen LogP contribution is -2.17. The van der Waals surface area contributed by atoms with Gasteiger partial charge in [-0.25, -0.2) is 5.43 Å². The standard InChI is InChI=1S/C13H9I2N3O2/c14-10-5-8(6-11(15)12(10)19)7-17-18-13(20)9-1-3-16-4-2-9/h1-7,19H,(H,18,20)/b17-7-. The molecule has 0 bridgehead atoms. The number of pyridine rings is 1. The van der Waals surface area contributed by atoms with Gasteiger partial charge < -0.3 is 5.11 Å². The van der Waals surface area contributed by atoms with Crippen LogP contribution in [0.2, 0.25) is 0 Å². The van der Waals surface area contributed by atoms with Crippen molar-refractivity contribution in [2.45, 2.75) is 0 Å². The van der Waals surface area contributed by atoms with Crippen LogP contribution in [0.1, 0.15) is 15.9 Å². The predicted octanol–water partition coefficient (Wildman–Crippen LogP) is 2.76. The van der Waals surface area contributed by atoms with Gasteiger partial charge in [-0.15, -0.1) is 0 Å². The Balaban J connectivity index is 2.06. The van der Waals surface area contributed by atoms with Crippen molar-refractivity contribution in [2.24, 2.45) is 5.10 Å². The molecule has 0 radical (unpaired) electrons. The zero-order valence-electron chi connectivity index (χ0n) is 10.0. The van der Waals surface area contributed by atoms with E-state index in [1.54, 1.807) is 36.7 Å². The van der Waals surface area contributed by atoms with Gasteiger partial charge in [0.15, 0.2) is 0 Å². The molecule has 0 atom stereocenters. The van der Waals surface area contributed by atoms with Gasteiger partial charge in [-0.1, -0.05) is 0 Å². The number of aromatic nitrogens is 1. The zero-order valence-corrected chi connectivity index (χ0v) is 14.4. The maximum Gasteiger partial charge on any atom is 0.271 e. The van der Waals surface area contributed by atoms with E-state index in [0.29, 0.717) is 5.56 Å². The third-order valence-corrected chi connectivity index (χ3v) is 4.01. The second kappa shape index (κ2) is 6.97. The Morgan fingerprint density at radius 2 is 1.85 bits per heavy atom. The average Bonchev–Trinajstić information content (AvgIpc) is 2.45. The van der Waals surface area contributed by atoms with Crippen LogP contribution in [0, 0.1) is 7.14 Å². The molecule has 0 fully saturated rings. The van der Waals surface area contributed by atoms with Crippen LogP contribution in [-0.2, 0) is 0 Å². The summed E-state index contributed by atoms with van der Waals surface area (Å²) < 4.78 is 1.47. The summed E-state index contributed by atoms with van der Waals surface area (Å²) in [4.78, 5) is 15.6. The molecule has 0 saturated heterocycles. The first-order valence-corrected chi connectivity index (χ1v) is 7.65. The van der Waals surface area contributed by atoms with E-state index in [4.69, 9.17) is 0 Å². The SMILES string of the molecule is O=C(N/N=C\c1cc(I)c(O)c(I)c1)c1ccncc1. The third-order valence-electron chi connectivity index (χ3n) is 2.36. The molecule has 0 spiro atoms. The van der Waals surface area contributed by atoms with E-state index in [9.17, 15) is 9.90 Å². The van der Waals surface area contributed by atoms with Crippen molar-refractivity contribution >= 4 is 57.3 Å². The van der Waals surface area contributed by atoms with Crippen molar-refractivity contribution in [1.29, 1.82) is 0 Å². The number of halogens is 2.